The van der Waals surface area contributed by atoms with E-state index in [0.717, 1.165) is 37.4 Å². The standard InChI is InChI=1S/C17H18N4/c1-12-16-14-10-21(9-13-5-3-2-4-6-13)8-7-15(14)20-17(16)19-11-18-12/h2-6,11H,7-10H2,1H3,(H,18,19,20). The largest absolute Gasteiger partial charge is 0.343 e. The highest BCUT2D eigenvalue weighted by molar-refractivity contribution is 5.83. The number of hydrogen-bond acceptors (Lipinski definition) is 3. The minimum Gasteiger partial charge on any atom is -0.343 e. The monoisotopic (exact) mass is 278 g/mol. The predicted octanol–water partition coefficient (Wildman–Crippen LogP) is 2.82. The lowest BCUT2D eigenvalue weighted by Crippen LogP contribution is -2.29. The Morgan fingerprint density at radius 2 is 2.05 bits per heavy atom. The molecule has 0 unspecified atom stereocenters. The van der Waals surface area contributed by atoms with Crippen molar-refractivity contribution in [3.63, 3.8) is 0 Å². The van der Waals surface area contributed by atoms with Crippen molar-refractivity contribution in [1.82, 2.24) is 19.9 Å². The Hall–Kier alpha value is -2.20. The zero-order chi connectivity index (χ0) is 14.2. The Morgan fingerprint density at radius 1 is 1.19 bits per heavy atom. The fourth-order valence-corrected chi connectivity index (χ4v) is 3.24. The molecule has 3 heterocycles. The molecule has 0 bridgehead atoms. The summed E-state index contributed by atoms with van der Waals surface area (Å²) in [6.45, 7) is 5.12. The van der Waals surface area contributed by atoms with Gasteiger partial charge in [0.2, 0.25) is 0 Å². The van der Waals surface area contributed by atoms with Crippen LogP contribution in [0.15, 0.2) is 36.7 Å². The maximum Gasteiger partial charge on any atom is 0.141 e. The molecule has 1 aliphatic rings. The molecular weight excluding hydrogens is 260 g/mol. The van der Waals surface area contributed by atoms with Crippen molar-refractivity contribution in [2.45, 2.75) is 26.4 Å². The van der Waals surface area contributed by atoms with Crippen LogP contribution in [-0.4, -0.2) is 26.4 Å². The van der Waals surface area contributed by atoms with Crippen LogP contribution in [0.1, 0.15) is 22.5 Å². The second kappa shape index (κ2) is 4.97. The molecule has 0 saturated carbocycles. The number of aryl methyl sites for hydroxylation is 1. The molecule has 1 aliphatic heterocycles. The molecule has 1 N–H and O–H groups in total. The number of aromatic nitrogens is 3. The first kappa shape index (κ1) is 12.5. The summed E-state index contributed by atoms with van der Waals surface area (Å²) in [4.78, 5) is 14.7. The normalized spacial score (nSPS) is 15.3. The summed E-state index contributed by atoms with van der Waals surface area (Å²) in [5, 5.41) is 1.21. The lowest BCUT2D eigenvalue weighted by atomic mass is 10.0. The van der Waals surface area contributed by atoms with Gasteiger partial charge in [-0.25, -0.2) is 9.97 Å². The first-order chi connectivity index (χ1) is 10.3. The van der Waals surface area contributed by atoms with Gasteiger partial charge in [0.1, 0.15) is 12.0 Å². The van der Waals surface area contributed by atoms with Gasteiger partial charge in [-0.3, -0.25) is 4.90 Å². The van der Waals surface area contributed by atoms with E-state index in [1.54, 1.807) is 6.33 Å². The number of hydrogen-bond donors (Lipinski definition) is 1. The fourth-order valence-electron chi connectivity index (χ4n) is 3.24. The van der Waals surface area contributed by atoms with E-state index in [2.05, 4.69) is 57.1 Å². The SMILES string of the molecule is Cc1ncnc2[nH]c3c(c12)CN(Cc1ccccc1)CC3. The number of nitrogens with one attached hydrogen (secondary N) is 1. The number of rotatable bonds is 2. The third-order valence-corrected chi connectivity index (χ3v) is 4.28. The summed E-state index contributed by atoms with van der Waals surface area (Å²) >= 11 is 0. The first-order valence-corrected chi connectivity index (χ1v) is 7.38. The summed E-state index contributed by atoms with van der Waals surface area (Å²) < 4.78 is 0. The molecule has 1 aromatic carbocycles. The van der Waals surface area contributed by atoms with Crippen LogP contribution in [0.25, 0.3) is 11.0 Å². The zero-order valence-corrected chi connectivity index (χ0v) is 12.1. The van der Waals surface area contributed by atoms with Crippen LogP contribution >= 0.6 is 0 Å². The lowest BCUT2D eigenvalue weighted by molar-refractivity contribution is 0.245. The number of nitrogens with zero attached hydrogens (tertiary/aromatic N) is 3. The van der Waals surface area contributed by atoms with Gasteiger partial charge in [0.15, 0.2) is 0 Å². The molecule has 0 fully saturated rings. The van der Waals surface area contributed by atoms with Crippen molar-refractivity contribution in [2.75, 3.05) is 6.54 Å². The van der Waals surface area contributed by atoms with Crippen molar-refractivity contribution >= 4 is 11.0 Å². The second-order valence-electron chi connectivity index (χ2n) is 5.71. The molecule has 0 aliphatic carbocycles. The molecule has 4 nitrogen and oxygen atoms in total. The maximum atomic E-state index is 4.37. The average Bonchev–Trinajstić information content (AvgIpc) is 2.87. The van der Waals surface area contributed by atoms with Crippen molar-refractivity contribution < 1.29 is 0 Å². The fraction of sp³-hybridized carbons (Fsp3) is 0.294. The summed E-state index contributed by atoms with van der Waals surface area (Å²) in [7, 11) is 0. The van der Waals surface area contributed by atoms with Gasteiger partial charge in [0.05, 0.1) is 5.69 Å². The van der Waals surface area contributed by atoms with Gasteiger partial charge in [-0.05, 0) is 18.1 Å². The molecule has 4 rings (SSSR count). The van der Waals surface area contributed by atoms with Crippen LogP contribution in [-0.2, 0) is 19.5 Å². The average molecular weight is 278 g/mol. The van der Waals surface area contributed by atoms with E-state index < -0.39 is 0 Å². The predicted molar refractivity (Wildman–Crippen MR) is 82.9 cm³/mol. The van der Waals surface area contributed by atoms with Crippen molar-refractivity contribution in [3.8, 4) is 0 Å². The second-order valence-corrected chi connectivity index (χ2v) is 5.71. The molecule has 0 radical (unpaired) electrons. The number of benzene rings is 1. The molecule has 106 valence electrons. The third kappa shape index (κ3) is 2.21. The van der Waals surface area contributed by atoms with E-state index in [1.165, 1.54) is 22.2 Å². The molecule has 0 atom stereocenters. The quantitative estimate of drug-likeness (QED) is 0.784. The smallest absolute Gasteiger partial charge is 0.141 e. The van der Waals surface area contributed by atoms with Gasteiger partial charge in [0, 0.05) is 37.1 Å². The highest BCUT2D eigenvalue weighted by atomic mass is 15.1. The van der Waals surface area contributed by atoms with Crippen molar-refractivity contribution in [1.29, 1.82) is 0 Å². The Bertz CT molecular complexity index is 776. The highest BCUT2D eigenvalue weighted by Crippen LogP contribution is 2.28. The summed E-state index contributed by atoms with van der Waals surface area (Å²) in [6.07, 6.45) is 2.69. The van der Waals surface area contributed by atoms with Gasteiger partial charge < -0.3 is 4.98 Å². The van der Waals surface area contributed by atoms with E-state index in [9.17, 15) is 0 Å². The van der Waals surface area contributed by atoms with Gasteiger partial charge in [-0.2, -0.15) is 0 Å². The molecule has 0 amide bonds. The van der Waals surface area contributed by atoms with E-state index in [1.807, 2.05) is 0 Å². The van der Waals surface area contributed by atoms with E-state index in [4.69, 9.17) is 0 Å². The topological polar surface area (TPSA) is 44.8 Å². The zero-order valence-electron chi connectivity index (χ0n) is 12.1. The number of H-pyrrole nitrogens is 1. The Morgan fingerprint density at radius 3 is 2.90 bits per heavy atom. The molecule has 0 saturated heterocycles. The molecule has 2 aromatic heterocycles. The Labute approximate surface area is 123 Å². The van der Waals surface area contributed by atoms with Crippen molar-refractivity contribution in [3.05, 3.63) is 59.2 Å². The van der Waals surface area contributed by atoms with Gasteiger partial charge in [0.25, 0.3) is 0 Å². The van der Waals surface area contributed by atoms with Crippen LogP contribution in [0.2, 0.25) is 0 Å². The van der Waals surface area contributed by atoms with Crippen LogP contribution in [0.4, 0.5) is 0 Å². The molecule has 21 heavy (non-hydrogen) atoms. The summed E-state index contributed by atoms with van der Waals surface area (Å²) in [5.41, 5.74) is 6.13. The number of aromatic amines is 1. The maximum absolute atomic E-state index is 4.37. The Kier molecular flexibility index (Phi) is 2.97. The third-order valence-electron chi connectivity index (χ3n) is 4.28. The van der Waals surface area contributed by atoms with Crippen molar-refractivity contribution in [2.24, 2.45) is 0 Å². The van der Waals surface area contributed by atoms with Gasteiger partial charge in [-0.1, -0.05) is 30.3 Å². The summed E-state index contributed by atoms with van der Waals surface area (Å²) in [5.74, 6) is 0. The molecule has 0 spiro atoms. The van der Waals surface area contributed by atoms with Crippen LogP contribution in [0.5, 0.6) is 0 Å². The number of fused-ring (bicyclic) bond motifs is 3. The van der Waals surface area contributed by atoms with Gasteiger partial charge in [-0.15, -0.1) is 0 Å². The first-order valence-electron chi connectivity index (χ1n) is 7.38. The molecule has 3 aromatic rings. The minimum atomic E-state index is 0.971. The minimum absolute atomic E-state index is 0.971. The van der Waals surface area contributed by atoms with E-state index >= 15 is 0 Å². The van der Waals surface area contributed by atoms with Crippen LogP contribution in [0, 0.1) is 6.92 Å². The molecular formula is C17H18N4. The van der Waals surface area contributed by atoms with Gasteiger partial charge >= 0.3 is 0 Å². The Balaban J connectivity index is 1.66. The van der Waals surface area contributed by atoms with Crippen LogP contribution in [0.3, 0.4) is 0 Å². The summed E-state index contributed by atoms with van der Waals surface area (Å²) in [6, 6.07) is 10.7. The lowest BCUT2D eigenvalue weighted by Gasteiger charge is -2.27. The van der Waals surface area contributed by atoms with Crippen LogP contribution < -0.4 is 0 Å². The van der Waals surface area contributed by atoms with E-state index in [-0.39, 0.29) is 0 Å². The van der Waals surface area contributed by atoms with E-state index in [0.29, 0.717) is 0 Å². The highest BCUT2D eigenvalue weighted by Gasteiger charge is 2.22. The molecule has 4 heteroatoms.